The van der Waals surface area contributed by atoms with E-state index in [1.807, 2.05) is 0 Å². The molecule has 0 fully saturated rings. The Bertz CT molecular complexity index is 397. The minimum Gasteiger partial charge on any atom is -0.294 e. The Labute approximate surface area is 86.2 Å². The van der Waals surface area contributed by atoms with Crippen molar-refractivity contribution in [1.29, 1.82) is 0 Å². The summed E-state index contributed by atoms with van der Waals surface area (Å²) in [5, 5.41) is 2.72. The molecule has 4 heteroatoms. The molecule has 0 bridgehead atoms. The van der Waals surface area contributed by atoms with Crippen molar-refractivity contribution in [3.8, 4) is 0 Å². The van der Waals surface area contributed by atoms with Gasteiger partial charge >= 0.3 is 0 Å². The largest absolute Gasteiger partial charge is 0.294 e. The molecule has 0 aliphatic heterocycles. The highest BCUT2D eigenvalue weighted by atomic mass is 35.5. The first-order valence-electron chi connectivity index (χ1n) is 3.53. The molecule has 0 heterocycles. The number of nitrogens with zero attached hydrogens (tertiary/aromatic N) is 1. The molecule has 0 N–H and O–H groups in total. The van der Waals surface area contributed by atoms with Crippen LogP contribution in [0.3, 0.4) is 0 Å². The van der Waals surface area contributed by atoms with Gasteiger partial charge in [0.1, 0.15) is 0 Å². The molecule has 0 saturated carbocycles. The first-order chi connectivity index (χ1) is 6.15. The summed E-state index contributed by atoms with van der Waals surface area (Å²) in [5.74, 6) is -0.0912. The van der Waals surface area contributed by atoms with Gasteiger partial charge in [-0.25, -0.2) is 0 Å². The fourth-order valence-corrected chi connectivity index (χ4v) is 1.21. The molecule has 0 aliphatic rings. The number of hydrogen-bond acceptors (Lipinski definition) is 3. The van der Waals surface area contributed by atoms with Crippen LogP contribution in [-0.4, -0.2) is 10.9 Å². The smallest absolute Gasteiger partial charge is 0.162 e. The van der Waals surface area contributed by atoms with Crippen LogP contribution in [0.25, 0.3) is 0 Å². The zero-order valence-electron chi connectivity index (χ0n) is 6.87. The van der Waals surface area contributed by atoms with Crippen LogP contribution in [0.4, 0.5) is 5.69 Å². The maximum atomic E-state index is 11.1. The van der Waals surface area contributed by atoms with Gasteiger partial charge in [-0.05, 0) is 37.3 Å². The van der Waals surface area contributed by atoms with E-state index in [-0.39, 0.29) is 5.78 Å². The standard InChI is InChI=1S/C9H6ClNOS/c1-6(12)8-4-7(10)2-3-9(8)11-5-13/h2-4H,1H3. The second-order valence-electron chi connectivity index (χ2n) is 2.42. The van der Waals surface area contributed by atoms with Crippen LogP contribution >= 0.6 is 23.8 Å². The van der Waals surface area contributed by atoms with E-state index in [2.05, 4.69) is 22.4 Å². The number of thiocarbonyl (C=S) groups is 1. The molecular weight excluding hydrogens is 206 g/mol. The number of aliphatic imine (C=N–C) groups is 1. The van der Waals surface area contributed by atoms with E-state index in [4.69, 9.17) is 11.6 Å². The number of carbonyl (C=O) groups excluding carboxylic acids is 1. The quantitative estimate of drug-likeness (QED) is 0.427. The maximum Gasteiger partial charge on any atom is 0.162 e. The molecule has 0 aromatic heterocycles. The van der Waals surface area contributed by atoms with Gasteiger partial charge in [-0.3, -0.25) is 4.79 Å². The van der Waals surface area contributed by atoms with Crippen molar-refractivity contribution >= 4 is 40.5 Å². The van der Waals surface area contributed by atoms with Gasteiger partial charge in [0.2, 0.25) is 0 Å². The molecule has 0 atom stereocenters. The number of benzene rings is 1. The van der Waals surface area contributed by atoms with Crippen molar-refractivity contribution in [2.24, 2.45) is 4.99 Å². The second-order valence-corrected chi connectivity index (χ2v) is 3.04. The van der Waals surface area contributed by atoms with Gasteiger partial charge < -0.3 is 0 Å². The fraction of sp³-hybridized carbons (Fsp3) is 0.111. The highest BCUT2D eigenvalue weighted by molar-refractivity contribution is 7.78. The van der Waals surface area contributed by atoms with Crippen molar-refractivity contribution in [1.82, 2.24) is 0 Å². The van der Waals surface area contributed by atoms with Crippen molar-refractivity contribution in [2.75, 3.05) is 0 Å². The maximum absolute atomic E-state index is 11.1. The van der Waals surface area contributed by atoms with E-state index >= 15 is 0 Å². The van der Waals surface area contributed by atoms with E-state index in [1.54, 1.807) is 18.2 Å². The third-order valence-corrected chi connectivity index (χ3v) is 1.83. The molecular formula is C9H6ClNOS. The minimum atomic E-state index is -0.0912. The zero-order chi connectivity index (χ0) is 9.84. The van der Waals surface area contributed by atoms with E-state index < -0.39 is 0 Å². The average Bonchev–Trinajstić information content (AvgIpc) is 2.08. The molecule has 13 heavy (non-hydrogen) atoms. The SMILES string of the molecule is CC(=O)c1cc(Cl)ccc1N=C=S. The van der Waals surface area contributed by atoms with Gasteiger partial charge in [-0.2, -0.15) is 4.99 Å². The predicted octanol–water partition coefficient (Wildman–Crippen LogP) is 3.28. The van der Waals surface area contributed by atoms with Gasteiger partial charge in [-0.15, -0.1) is 0 Å². The number of Topliss-reactive ketones (excluding diaryl/α,β-unsaturated/α-hetero) is 1. The number of carbonyl (C=O) groups is 1. The monoisotopic (exact) mass is 211 g/mol. The molecule has 0 unspecified atom stereocenters. The third kappa shape index (κ3) is 2.46. The molecule has 0 aliphatic carbocycles. The Kier molecular flexibility index (Phi) is 3.32. The fourth-order valence-electron chi connectivity index (χ4n) is 0.937. The topological polar surface area (TPSA) is 29.4 Å². The summed E-state index contributed by atoms with van der Waals surface area (Å²) in [6.07, 6.45) is 0. The molecule has 0 amide bonds. The second kappa shape index (κ2) is 4.28. The van der Waals surface area contributed by atoms with Crippen molar-refractivity contribution in [3.63, 3.8) is 0 Å². The summed E-state index contributed by atoms with van der Waals surface area (Å²) in [5.41, 5.74) is 0.969. The van der Waals surface area contributed by atoms with Crippen molar-refractivity contribution < 1.29 is 4.79 Å². The normalized spacial score (nSPS) is 9.08. The summed E-state index contributed by atoms with van der Waals surface area (Å²) in [6, 6.07) is 4.85. The van der Waals surface area contributed by atoms with Crippen molar-refractivity contribution in [2.45, 2.75) is 6.92 Å². The van der Waals surface area contributed by atoms with E-state index in [0.717, 1.165) is 0 Å². The summed E-state index contributed by atoms with van der Waals surface area (Å²) >= 11 is 10.2. The van der Waals surface area contributed by atoms with Crippen LogP contribution in [-0.2, 0) is 0 Å². The number of ketones is 1. The highest BCUT2D eigenvalue weighted by Crippen LogP contribution is 2.23. The lowest BCUT2D eigenvalue weighted by Gasteiger charge is -1.99. The van der Waals surface area contributed by atoms with Crippen LogP contribution in [0, 0.1) is 0 Å². The third-order valence-electron chi connectivity index (χ3n) is 1.50. The Hall–Kier alpha value is -1.02. The first-order valence-corrected chi connectivity index (χ1v) is 4.32. The van der Waals surface area contributed by atoms with E-state index in [9.17, 15) is 4.79 Å². The Morgan fingerprint density at radius 3 is 2.85 bits per heavy atom. The Balaban J connectivity index is 3.34. The Morgan fingerprint density at radius 1 is 1.62 bits per heavy atom. The van der Waals surface area contributed by atoms with Crippen LogP contribution in [0.2, 0.25) is 5.02 Å². The zero-order valence-corrected chi connectivity index (χ0v) is 8.45. The summed E-state index contributed by atoms with van der Waals surface area (Å²) in [4.78, 5) is 14.9. The number of halogens is 1. The Morgan fingerprint density at radius 2 is 2.31 bits per heavy atom. The highest BCUT2D eigenvalue weighted by Gasteiger charge is 2.06. The predicted molar refractivity (Wildman–Crippen MR) is 56.1 cm³/mol. The van der Waals surface area contributed by atoms with Gasteiger partial charge in [-0.1, -0.05) is 11.6 Å². The molecule has 0 spiro atoms. The van der Waals surface area contributed by atoms with Crippen LogP contribution < -0.4 is 0 Å². The number of rotatable bonds is 2. The molecule has 0 radical (unpaired) electrons. The molecule has 66 valence electrons. The minimum absolute atomic E-state index is 0.0912. The molecule has 1 rings (SSSR count). The molecule has 1 aromatic rings. The lowest BCUT2D eigenvalue weighted by atomic mass is 10.1. The van der Waals surface area contributed by atoms with Crippen LogP contribution in [0.5, 0.6) is 0 Å². The lowest BCUT2D eigenvalue weighted by molar-refractivity contribution is 0.101. The van der Waals surface area contributed by atoms with Gasteiger partial charge in [0.05, 0.1) is 10.8 Å². The van der Waals surface area contributed by atoms with E-state index in [0.29, 0.717) is 16.3 Å². The van der Waals surface area contributed by atoms with Crippen molar-refractivity contribution in [3.05, 3.63) is 28.8 Å². The van der Waals surface area contributed by atoms with Crippen LogP contribution in [0.1, 0.15) is 17.3 Å². The van der Waals surface area contributed by atoms with Gasteiger partial charge in [0, 0.05) is 10.6 Å². The lowest BCUT2D eigenvalue weighted by Crippen LogP contribution is -1.91. The molecule has 0 saturated heterocycles. The average molecular weight is 212 g/mol. The molecule has 2 nitrogen and oxygen atoms in total. The first kappa shape index (κ1) is 10.1. The summed E-state index contributed by atoms with van der Waals surface area (Å²) in [7, 11) is 0. The number of isothiocyanates is 1. The van der Waals surface area contributed by atoms with E-state index in [1.165, 1.54) is 6.92 Å². The van der Waals surface area contributed by atoms with Gasteiger partial charge in [0.15, 0.2) is 5.78 Å². The summed E-state index contributed by atoms with van der Waals surface area (Å²) in [6.45, 7) is 1.45. The molecule has 1 aromatic carbocycles. The summed E-state index contributed by atoms with van der Waals surface area (Å²) < 4.78 is 0. The van der Waals surface area contributed by atoms with Gasteiger partial charge in [0.25, 0.3) is 0 Å². The number of hydrogen-bond donors (Lipinski definition) is 0. The van der Waals surface area contributed by atoms with Crippen LogP contribution in [0.15, 0.2) is 23.2 Å².